The molecule has 3 aromatic rings. The molecular weight excluding hydrogens is 523 g/mol. The van der Waals surface area contributed by atoms with E-state index in [1.54, 1.807) is 6.08 Å². The lowest BCUT2D eigenvalue weighted by Crippen LogP contribution is -2.13. The molecule has 0 aliphatic carbocycles. The Morgan fingerprint density at radius 2 is 1.90 bits per heavy atom. The van der Waals surface area contributed by atoms with Crippen LogP contribution in [0.25, 0.3) is 6.08 Å². The second-order valence-electron chi connectivity index (χ2n) is 6.74. The first-order chi connectivity index (χ1) is 15.0. The van der Waals surface area contributed by atoms with Crippen LogP contribution >= 0.6 is 34.2 Å². The maximum Gasteiger partial charge on any atom is 0.266 e. The molecule has 0 aliphatic heterocycles. The molecule has 0 radical (unpaired) electrons. The Balaban J connectivity index is 1.70. The summed E-state index contributed by atoms with van der Waals surface area (Å²) in [6, 6.07) is 22.6. The Labute approximate surface area is 200 Å². The smallest absolute Gasteiger partial charge is 0.266 e. The highest BCUT2D eigenvalue weighted by molar-refractivity contribution is 14.1. The van der Waals surface area contributed by atoms with E-state index in [1.807, 2.05) is 72.8 Å². The number of hydrogen-bond acceptors (Lipinski definition) is 3. The van der Waals surface area contributed by atoms with Gasteiger partial charge in [0.1, 0.15) is 24.0 Å². The number of amides is 1. The zero-order valence-electron chi connectivity index (χ0n) is 16.9. The molecule has 0 unspecified atom stereocenters. The molecule has 0 saturated carbocycles. The van der Waals surface area contributed by atoms with Crippen molar-refractivity contribution in [2.24, 2.45) is 0 Å². The monoisotopic (exact) mass is 542 g/mol. The maximum atomic E-state index is 12.5. The van der Waals surface area contributed by atoms with Crippen molar-refractivity contribution in [2.45, 2.75) is 20.0 Å². The van der Waals surface area contributed by atoms with Gasteiger partial charge in [-0.2, -0.15) is 5.26 Å². The first-order valence-corrected chi connectivity index (χ1v) is 11.1. The lowest BCUT2D eigenvalue weighted by Gasteiger charge is -2.10. The fourth-order valence-corrected chi connectivity index (χ4v) is 3.72. The first-order valence-electron chi connectivity index (χ1n) is 9.68. The standard InChI is InChI=1S/C25H20ClIN2O2/c1-2-17-7-10-21(11-8-17)29-25(30)20(15-28)13-18-9-12-24(23(27)14-18)31-16-19-5-3-4-6-22(19)26/h3-14H,2,16H2,1H3,(H,29,30)/b20-13+. The Bertz CT molecular complexity index is 1150. The molecule has 156 valence electrons. The molecule has 0 aliphatic rings. The van der Waals surface area contributed by atoms with E-state index in [-0.39, 0.29) is 5.57 Å². The van der Waals surface area contributed by atoms with Crippen LogP contribution in [0, 0.1) is 14.9 Å². The third kappa shape index (κ3) is 6.33. The molecule has 0 atom stereocenters. The Morgan fingerprint density at radius 3 is 2.55 bits per heavy atom. The van der Waals surface area contributed by atoms with Crippen molar-refractivity contribution in [3.05, 3.63) is 97.6 Å². The third-order valence-corrected chi connectivity index (χ3v) is 5.80. The van der Waals surface area contributed by atoms with Crippen molar-refractivity contribution in [1.82, 2.24) is 0 Å². The van der Waals surface area contributed by atoms with Crippen LogP contribution < -0.4 is 10.1 Å². The lowest BCUT2D eigenvalue weighted by atomic mass is 10.1. The highest BCUT2D eigenvalue weighted by Gasteiger charge is 2.11. The van der Waals surface area contributed by atoms with Crippen molar-refractivity contribution in [3.63, 3.8) is 0 Å². The van der Waals surface area contributed by atoms with Crippen LogP contribution in [0.1, 0.15) is 23.6 Å². The number of anilines is 1. The molecule has 1 amide bonds. The van der Waals surface area contributed by atoms with Gasteiger partial charge in [-0.1, -0.05) is 54.9 Å². The van der Waals surface area contributed by atoms with E-state index in [0.717, 1.165) is 21.1 Å². The fourth-order valence-electron chi connectivity index (χ4n) is 2.83. The highest BCUT2D eigenvalue weighted by Crippen LogP contribution is 2.25. The van der Waals surface area contributed by atoms with Crippen molar-refractivity contribution in [2.75, 3.05) is 5.32 Å². The minimum Gasteiger partial charge on any atom is -0.488 e. The van der Waals surface area contributed by atoms with E-state index < -0.39 is 5.91 Å². The van der Waals surface area contributed by atoms with Crippen molar-refractivity contribution in [1.29, 1.82) is 5.26 Å². The minimum atomic E-state index is -0.444. The number of carbonyl (C=O) groups excluding carboxylic acids is 1. The minimum absolute atomic E-state index is 0.0279. The maximum absolute atomic E-state index is 12.5. The average molecular weight is 543 g/mol. The molecule has 0 heterocycles. The van der Waals surface area contributed by atoms with E-state index >= 15 is 0 Å². The number of carbonyl (C=O) groups is 1. The summed E-state index contributed by atoms with van der Waals surface area (Å²) in [4.78, 5) is 12.5. The van der Waals surface area contributed by atoms with Crippen LogP contribution in [-0.2, 0) is 17.8 Å². The van der Waals surface area contributed by atoms with Gasteiger partial charge in [-0.3, -0.25) is 4.79 Å². The molecule has 3 aromatic carbocycles. The van der Waals surface area contributed by atoms with Gasteiger partial charge < -0.3 is 10.1 Å². The number of ether oxygens (including phenoxy) is 1. The van der Waals surface area contributed by atoms with Crippen LogP contribution in [0.5, 0.6) is 5.75 Å². The summed E-state index contributed by atoms with van der Waals surface area (Å²) in [5.41, 5.74) is 3.50. The fraction of sp³-hybridized carbons (Fsp3) is 0.120. The lowest BCUT2D eigenvalue weighted by molar-refractivity contribution is -0.112. The van der Waals surface area contributed by atoms with Crippen molar-refractivity contribution < 1.29 is 9.53 Å². The topological polar surface area (TPSA) is 62.1 Å². The largest absolute Gasteiger partial charge is 0.488 e. The zero-order chi connectivity index (χ0) is 22.2. The Hall–Kier alpha value is -2.82. The summed E-state index contributed by atoms with van der Waals surface area (Å²) in [6.45, 7) is 2.42. The molecule has 3 rings (SSSR count). The second kappa shape index (κ2) is 11.0. The molecular formula is C25H20ClIN2O2. The van der Waals surface area contributed by atoms with Gasteiger partial charge in [0, 0.05) is 16.3 Å². The van der Waals surface area contributed by atoms with Gasteiger partial charge in [0.15, 0.2) is 0 Å². The molecule has 0 aromatic heterocycles. The molecule has 0 spiro atoms. The predicted molar refractivity (Wildman–Crippen MR) is 133 cm³/mol. The van der Waals surface area contributed by atoms with E-state index in [9.17, 15) is 10.1 Å². The SMILES string of the molecule is CCc1ccc(NC(=O)/C(C#N)=C/c2ccc(OCc3ccccc3Cl)c(I)c2)cc1. The summed E-state index contributed by atoms with van der Waals surface area (Å²) >= 11 is 8.34. The van der Waals surface area contributed by atoms with Gasteiger partial charge in [-0.05, 0) is 76.5 Å². The van der Waals surface area contributed by atoms with Crippen molar-refractivity contribution in [3.8, 4) is 11.8 Å². The van der Waals surface area contributed by atoms with Crippen LogP contribution in [0.2, 0.25) is 5.02 Å². The molecule has 1 N–H and O–H groups in total. The average Bonchev–Trinajstić information content (AvgIpc) is 2.78. The number of benzene rings is 3. The summed E-state index contributed by atoms with van der Waals surface area (Å²) in [5, 5.41) is 12.9. The summed E-state index contributed by atoms with van der Waals surface area (Å²) in [7, 11) is 0. The molecule has 31 heavy (non-hydrogen) atoms. The molecule has 0 saturated heterocycles. The van der Waals surface area contributed by atoms with Crippen molar-refractivity contribution >= 4 is 51.9 Å². The summed E-state index contributed by atoms with van der Waals surface area (Å²) in [5.74, 6) is 0.262. The number of rotatable bonds is 7. The number of halogens is 2. The Kier molecular flexibility index (Phi) is 8.10. The van der Waals surface area contributed by atoms with Crippen LogP contribution in [0.15, 0.2) is 72.3 Å². The van der Waals surface area contributed by atoms with Gasteiger partial charge in [0.25, 0.3) is 5.91 Å². The van der Waals surface area contributed by atoms with Gasteiger partial charge in [-0.15, -0.1) is 0 Å². The summed E-state index contributed by atoms with van der Waals surface area (Å²) < 4.78 is 6.75. The number of nitrogens with one attached hydrogen (secondary N) is 1. The molecule has 0 bridgehead atoms. The first kappa shape index (κ1) is 22.9. The molecule has 4 nitrogen and oxygen atoms in total. The van der Waals surface area contributed by atoms with Crippen LogP contribution in [0.3, 0.4) is 0 Å². The summed E-state index contributed by atoms with van der Waals surface area (Å²) in [6.07, 6.45) is 2.49. The second-order valence-corrected chi connectivity index (χ2v) is 8.31. The predicted octanol–water partition coefficient (Wildman–Crippen LogP) is 6.63. The van der Waals surface area contributed by atoms with Gasteiger partial charge in [-0.25, -0.2) is 0 Å². The van der Waals surface area contributed by atoms with Crippen LogP contribution in [0.4, 0.5) is 5.69 Å². The molecule has 0 fully saturated rings. The van der Waals surface area contributed by atoms with E-state index in [2.05, 4.69) is 34.8 Å². The van der Waals surface area contributed by atoms with E-state index in [4.69, 9.17) is 16.3 Å². The Morgan fingerprint density at radius 1 is 1.16 bits per heavy atom. The number of hydrogen-bond donors (Lipinski definition) is 1. The third-order valence-electron chi connectivity index (χ3n) is 4.59. The quantitative estimate of drug-likeness (QED) is 0.207. The molecule has 6 heteroatoms. The van der Waals surface area contributed by atoms with E-state index in [1.165, 1.54) is 5.56 Å². The van der Waals surface area contributed by atoms with Gasteiger partial charge in [0.05, 0.1) is 3.57 Å². The van der Waals surface area contributed by atoms with Gasteiger partial charge in [0.2, 0.25) is 0 Å². The number of nitriles is 1. The number of aryl methyl sites for hydroxylation is 1. The van der Waals surface area contributed by atoms with E-state index in [0.29, 0.717) is 23.1 Å². The zero-order valence-corrected chi connectivity index (χ0v) is 19.8. The normalized spacial score (nSPS) is 11.0. The number of nitrogens with zero attached hydrogens (tertiary/aromatic N) is 1. The van der Waals surface area contributed by atoms with Gasteiger partial charge >= 0.3 is 0 Å². The van der Waals surface area contributed by atoms with Crippen LogP contribution in [-0.4, -0.2) is 5.91 Å². The highest BCUT2D eigenvalue weighted by atomic mass is 127.